The van der Waals surface area contributed by atoms with E-state index in [9.17, 15) is 17.6 Å². The molecule has 0 unspecified atom stereocenters. The van der Waals surface area contributed by atoms with E-state index in [2.05, 4.69) is 0 Å². The first-order valence-electron chi connectivity index (χ1n) is 4.33. The van der Waals surface area contributed by atoms with Crippen LogP contribution in [0.1, 0.15) is 10.4 Å². The van der Waals surface area contributed by atoms with E-state index in [1.807, 2.05) is 0 Å². The summed E-state index contributed by atoms with van der Waals surface area (Å²) in [5.41, 5.74) is -0.312. The van der Waals surface area contributed by atoms with Crippen LogP contribution in [0.15, 0.2) is 24.3 Å². The van der Waals surface area contributed by atoms with Crippen LogP contribution in [0.3, 0.4) is 0 Å². The lowest BCUT2D eigenvalue weighted by Gasteiger charge is -2.12. The number of benzene rings is 1. The van der Waals surface area contributed by atoms with E-state index in [4.69, 9.17) is 0 Å². The topological polar surface area (TPSA) is 66.5 Å². The quantitative estimate of drug-likeness (QED) is 0.837. The maximum atomic E-state index is 13.1. The van der Waals surface area contributed by atoms with E-state index < -0.39 is 21.9 Å². The third-order valence-corrected chi connectivity index (χ3v) is 3.23. The molecule has 1 N–H and O–H groups in total. The van der Waals surface area contributed by atoms with Crippen LogP contribution in [0.4, 0.5) is 4.39 Å². The van der Waals surface area contributed by atoms with Crippen LogP contribution >= 0.6 is 0 Å². The van der Waals surface area contributed by atoms with E-state index in [1.54, 1.807) is 4.72 Å². The van der Waals surface area contributed by atoms with Crippen molar-refractivity contribution in [1.29, 1.82) is 0 Å². The highest BCUT2D eigenvalue weighted by atomic mass is 32.2. The Morgan fingerprint density at radius 3 is 2.38 bits per heavy atom. The Balaban J connectivity index is 2.94. The number of hydrogen-bond donors (Lipinski definition) is 1. The summed E-state index contributed by atoms with van der Waals surface area (Å²) >= 11 is 0. The fourth-order valence-electron chi connectivity index (χ4n) is 0.909. The van der Waals surface area contributed by atoms with Gasteiger partial charge in [-0.2, -0.15) is 12.7 Å². The molecule has 0 aliphatic carbocycles. The molecule has 0 aliphatic heterocycles. The van der Waals surface area contributed by atoms with Gasteiger partial charge in [-0.1, -0.05) is 12.1 Å². The predicted octanol–water partition coefficient (Wildman–Crippen LogP) is 0.362. The van der Waals surface area contributed by atoms with Crippen LogP contribution < -0.4 is 4.72 Å². The molecule has 0 heterocycles. The van der Waals surface area contributed by atoms with Crippen LogP contribution in [0.2, 0.25) is 0 Å². The van der Waals surface area contributed by atoms with E-state index >= 15 is 0 Å². The molecule has 0 saturated carbocycles. The lowest BCUT2D eigenvalue weighted by molar-refractivity contribution is 0.0976. The largest absolute Gasteiger partial charge is 0.303 e. The van der Waals surface area contributed by atoms with Crippen LogP contribution in [-0.2, 0) is 10.2 Å². The standard InChI is InChI=1S/C9H11FN2O3S/c1-12(2)16(14,15)11-9(13)7-5-3-4-6-8(7)10/h3-6H,1-2H3,(H,11,13). The lowest BCUT2D eigenvalue weighted by atomic mass is 10.2. The van der Waals surface area contributed by atoms with Crippen LogP contribution in [0, 0.1) is 5.82 Å². The van der Waals surface area contributed by atoms with Crippen LogP contribution in [0.5, 0.6) is 0 Å². The van der Waals surface area contributed by atoms with Crippen molar-refractivity contribution in [2.75, 3.05) is 14.1 Å². The SMILES string of the molecule is CN(C)S(=O)(=O)NC(=O)c1ccccc1F. The number of halogens is 1. The van der Waals surface area contributed by atoms with Gasteiger partial charge in [-0.15, -0.1) is 0 Å². The fourth-order valence-corrected chi connectivity index (χ4v) is 1.44. The summed E-state index contributed by atoms with van der Waals surface area (Å²) < 4.78 is 38.3. The summed E-state index contributed by atoms with van der Waals surface area (Å²) in [6.07, 6.45) is 0. The van der Waals surface area contributed by atoms with Gasteiger partial charge in [0.2, 0.25) is 0 Å². The number of nitrogens with one attached hydrogen (secondary N) is 1. The minimum atomic E-state index is -3.90. The van der Waals surface area contributed by atoms with Gasteiger partial charge in [0, 0.05) is 14.1 Å². The van der Waals surface area contributed by atoms with Gasteiger partial charge < -0.3 is 0 Å². The third-order valence-electron chi connectivity index (χ3n) is 1.82. The zero-order chi connectivity index (χ0) is 12.3. The molecule has 0 bridgehead atoms. The van der Waals surface area contributed by atoms with Crippen molar-refractivity contribution >= 4 is 16.1 Å². The summed E-state index contributed by atoms with van der Waals surface area (Å²) in [7, 11) is -1.37. The molecule has 0 spiro atoms. The molecule has 0 radical (unpaired) electrons. The van der Waals surface area contributed by atoms with Crippen molar-refractivity contribution in [1.82, 2.24) is 9.03 Å². The third kappa shape index (κ3) is 2.77. The van der Waals surface area contributed by atoms with Gasteiger partial charge in [0.05, 0.1) is 5.56 Å². The zero-order valence-corrected chi connectivity index (χ0v) is 9.58. The van der Waals surface area contributed by atoms with Crippen molar-refractivity contribution in [3.63, 3.8) is 0 Å². The fraction of sp³-hybridized carbons (Fsp3) is 0.222. The van der Waals surface area contributed by atoms with Gasteiger partial charge in [-0.3, -0.25) is 4.79 Å². The Hall–Kier alpha value is -1.47. The number of carbonyl (C=O) groups is 1. The number of nitrogens with zero attached hydrogens (tertiary/aromatic N) is 1. The van der Waals surface area contributed by atoms with Crippen LogP contribution in [-0.4, -0.2) is 32.7 Å². The minimum absolute atomic E-state index is 0.312. The highest BCUT2D eigenvalue weighted by Gasteiger charge is 2.19. The van der Waals surface area contributed by atoms with Crippen molar-refractivity contribution in [3.05, 3.63) is 35.6 Å². The second kappa shape index (κ2) is 4.58. The summed E-state index contributed by atoms with van der Waals surface area (Å²) in [6.45, 7) is 0. The Labute approximate surface area is 93.1 Å². The molecule has 88 valence electrons. The molecule has 1 aromatic carbocycles. The van der Waals surface area contributed by atoms with Crippen molar-refractivity contribution in [2.45, 2.75) is 0 Å². The Bertz CT molecular complexity index is 499. The molecule has 1 aromatic rings. The maximum Gasteiger partial charge on any atom is 0.303 e. The van der Waals surface area contributed by atoms with Crippen LogP contribution in [0.25, 0.3) is 0 Å². The number of carbonyl (C=O) groups excluding carboxylic acids is 1. The molecule has 16 heavy (non-hydrogen) atoms. The molecule has 1 rings (SSSR count). The molecular weight excluding hydrogens is 235 g/mol. The average Bonchev–Trinajstić information content (AvgIpc) is 2.17. The van der Waals surface area contributed by atoms with Gasteiger partial charge in [0.25, 0.3) is 5.91 Å². The van der Waals surface area contributed by atoms with Crippen molar-refractivity contribution in [2.24, 2.45) is 0 Å². The monoisotopic (exact) mass is 246 g/mol. The molecular formula is C9H11FN2O3S. The van der Waals surface area contributed by atoms with E-state index in [0.717, 1.165) is 10.4 Å². The number of hydrogen-bond acceptors (Lipinski definition) is 3. The molecule has 7 heteroatoms. The maximum absolute atomic E-state index is 13.1. The molecule has 0 saturated heterocycles. The zero-order valence-electron chi connectivity index (χ0n) is 8.77. The second-order valence-corrected chi connectivity index (χ2v) is 5.08. The smallest absolute Gasteiger partial charge is 0.268 e. The number of amides is 1. The summed E-state index contributed by atoms with van der Waals surface area (Å²) in [6, 6.07) is 5.14. The predicted molar refractivity (Wildman–Crippen MR) is 56.5 cm³/mol. The normalized spacial score (nSPS) is 11.5. The molecule has 0 aliphatic rings. The molecule has 5 nitrogen and oxygen atoms in total. The first-order chi connectivity index (χ1) is 7.34. The molecule has 0 atom stereocenters. The second-order valence-electron chi connectivity index (χ2n) is 3.20. The Kier molecular flexibility index (Phi) is 3.61. The van der Waals surface area contributed by atoms with Crippen molar-refractivity contribution < 1.29 is 17.6 Å². The summed E-state index contributed by atoms with van der Waals surface area (Å²) in [4.78, 5) is 11.4. The first kappa shape index (κ1) is 12.6. The molecule has 0 aromatic heterocycles. The van der Waals surface area contributed by atoms with Gasteiger partial charge in [0.15, 0.2) is 0 Å². The lowest BCUT2D eigenvalue weighted by Crippen LogP contribution is -2.39. The molecule has 0 fully saturated rings. The van der Waals surface area contributed by atoms with Gasteiger partial charge in [-0.25, -0.2) is 9.11 Å². The Morgan fingerprint density at radius 2 is 1.88 bits per heavy atom. The summed E-state index contributed by atoms with van der Waals surface area (Å²) in [5, 5.41) is 0. The minimum Gasteiger partial charge on any atom is -0.268 e. The molecule has 1 amide bonds. The summed E-state index contributed by atoms with van der Waals surface area (Å²) in [5.74, 6) is -1.76. The van der Waals surface area contributed by atoms with Gasteiger partial charge >= 0.3 is 10.2 Å². The number of rotatable bonds is 3. The Morgan fingerprint density at radius 1 is 1.31 bits per heavy atom. The van der Waals surface area contributed by atoms with Gasteiger partial charge in [0.1, 0.15) is 5.82 Å². The highest BCUT2D eigenvalue weighted by Crippen LogP contribution is 2.06. The van der Waals surface area contributed by atoms with E-state index in [-0.39, 0.29) is 5.56 Å². The highest BCUT2D eigenvalue weighted by molar-refractivity contribution is 7.87. The first-order valence-corrected chi connectivity index (χ1v) is 5.77. The van der Waals surface area contributed by atoms with Gasteiger partial charge in [-0.05, 0) is 12.1 Å². The van der Waals surface area contributed by atoms with E-state index in [1.165, 1.54) is 32.3 Å². The van der Waals surface area contributed by atoms with E-state index in [0.29, 0.717) is 0 Å². The van der Waals surface area contributed by atoms with Crippen molar-refractivity contribution in [3.8, 4) is 0 Å². The average molecular weight is 246 g/mol.